The molecule has 0 aromatic rings. The van der Waals surface area contributed by atoms with Crippen LogP contribution in [0.2, 0.25) is 0 Å². The fourth-order valence-corrected chi connectivity index (χ4v) is 2.21. The van der Waals surface area contributed by atoms with Crippen LogP contribution >= 0.6 is 0 Å². The van der Waals surface area contributed by atoms with Crippen molar-refractivity contribution in [3.05, 3.63) is 0 Å². The highest BCUT2D eigenvalue weighted by Crippen LogP contribution is 2.37. The molecule has 0 aliphatic heterocycles. The maximum absolute atomic E-state index is 5.58. The van der Waals surface area contributed by atoms with E-state index in [9.17, 15) is 0 Å². The van der Waals surface area contributed by atoms with E-state index >= 15 is 0 Å². The summed E-state index contributed by atoms with van der Waals surface area (Å²) in [4.78, 5) is 0. The Hall–Kier alpha value is -0.120. The molecule has 1 aliphatic rings. The molecule has 0 radical (unpaired) electrons. The minimum absolute atomic E-state index is 0.230. The highest BCUT2D eigenvalue weighted by molar-refractivity contribution is 4.89. The Balaban J connectivity index is 1.84. The van der Waals surface area contributed by atoms with Crippen molar-refractivity contribution in [3.63, 3.8) is 0 Å². The van der Waals surface area contributed by atoms with Crippen molar-refractivity contribution in [3.8, 4) is 0 Å². The van der Waals surface area contributed by atoms with Gasteiger partial charge in [0, 0.05) is 7.11 Å². The van der Waals surface area contributed by atoms with Gasteiger partial charge in [-0.3, -0.25) is 0 Å². The summed E-state index contributed by atoms with van der Waals surface area (Å²) >= 11 is 0. The summed E-state index contributed by atoms with van der Waals surface area (Å²) in [5, 5.41) is 6.91. The first-order chi connectivity index (χ1) is 7.83. The summed E-state index contributed by atoms with van der Waals surface area (Å²) < 4.78 is 5.58. The lowest BCUT2D eigenvalue weighted by Gasteiger charge is -2.40. The molecule has 0 unspecified atom stereocenters. The van der Waals surface area contributed by atoms with E-state index in [0.717, 1.165) is 26.2 Å². The van der Waals surface area contributed by atoms with Gasteiger partial charge in [-0.1, -0.05) is 6.92 Å². The van der Waals surface area contributed by atoms with Crippen LogP contribution in [0.1, 0.15) is 45.4 Å². The van der Waals surface area contributed by atoms with Crippen LogP contribution in [0.5, 0.6) is 0 Å². The quantitative estimate of drug-likeness (QED) is 0.561. The summed E-state index contributed by atoms with van der Waals surface area (Å²) in [7, 11) is 1.85. The molecule has 0 aromatic carbocycles. The zero-order chi connectivity index (χ0) is 11.7. The molecule has 1 rings (SSSR count). The number of hydrogen-bond acceptors (Lipinski definition) is 3. The van der Waals surface area contributed by atoms with Crippen molar-refractivity contribution in [2.75, 3.05) is 33.3 Å². The maximum Gasteiger partial charge on any atom is 0.0690 e. The second-order valence-electron chi connectivity index (χ2n) is 4.84. The highest BCUT2D eigenvalue weighted by Gasteiger charge is 2.35. The van der Waals surface area contributed by atoms with Crippen molar-refractivity contribution in [2.24, 2.45) is 0 Å². The zero-order valence-electron chi connectivity index (χ0n) is 11.0. The number of ether oxygens (including phenoxy) is 1. The van der Waals surface area contributed by atoms with Crippen molar-refractivity contribution in [2.45, 2.75) is 51.0 Å². The first-order valence-corrected chi connectivity index (χ1v) is 6.79. The molecule has 1 saturated carbocycles. The molecule has 0 bridgehead atoms. The predicted octanol–water partition coefficient (Wildman–Crippen LogP) is 1.92. The van der Waals surface area contributed by atoms with Crippen LogP contribution in [-0.4, -0.2) is 38.9 Å². The van der Waals surface area contributed by atoms with Gasteiger partial charge >= 0.3 is 0 Å². The standard InChI is InChI=1S/C13H28N2O/c1-3-9-14-10-5-11-15-12-8-13(16-2)6-4-7-13/h14-15H,3-12H2,1-2H3. The average molecular weight is 228 g/mol. The van der Waals surface area contributed by atoms with Gasteiger partial charge in [-0.15, -0.1) is 0 Å². The summed E-state index contributed by atoms with van der Waals surface area (Å²) in [6.45, 7) is 6.70. The van der Waals surface area contributed by atoms with Crippen LogP contribution in [0, 0.1) is 0 Å². The fraction of sp³-hybridized carbons (Fsp3) is 1.00. The van der Waals surface area contributed by atoms with Crippen molar-refractivity contribution in [1.29, 1.82) is 0 Å². The molecule has 16 heavy (non-hydrogen) atoms. The van der Waals surface area contributed by atoms with Gasteiger partial charge in [0.05, 0.1) is 5.60 Å². The molecule has 0 amide bonds. The molecule has 3 nitrogen and oxygen atoms in total. The van der Waals surface area contributed by atoms with Crippen molar-refractivity contribution < 1.29 is 4.74 Å². The molecule has 1 fully saturated rings. The van der Waals surface area contributed by atoms with E-state index in [1.165, 1.54) is 38.5 Å². The number of methoxy groups -OCH3 is 1. The lowest BCUT2D eigenvalue weighted by atomic mass is 9.77. The maximum atomic E-state index is 5.58. The van der Waals surface area contributed by atoms with Gasteiger partial charge in [0.2, 0.25) is 0 Å². The highest BCUT2D eigenvalue weighted by atomic mass is 16.5. The second-order valence-corrected chi connectivity index (χ2v) is 4.84. The minimum Gasteiger partial charge on any atom is -0.378 e. The van der Waals surface area contributed by atoms with Gasteiger partial charge < -0.3 is 15.4 Å². The predicted molar refractivity (Wildman–Crippen MR) is 68.9 cm³/mol. The van der Waals surface area contributed by atoms with E-state index in [1.807, 2.05) is 7.11 Å². The first-order valence-electron chi connectivity index (χ1n) is 6.79. The zero-order valence-corrected chi connectivity index (χ0v) is 11.0. The fourth-order valence-electron chi connectivity index (χ4n) is 2.21. The third-order valence-electron chi connectivity index (χ3n) is 3.59. The van der Waals surface area contributed by atoms with E-state index in [4.69, 9.17) is 4.74 Å². The van der Waals surface area contributed by atoms with E-state index in [1.54, 1.807) is 0 Å². The molecule has 0 atom stereocenters. The van der Waals surface area contributed by atoms with E-state index in [0.29, 0.717) is 0 Å². The molecule has 0 saturated heterocycles. The molecule has 96 valence electrons. The van der Waals surface area contributed by atoms with E-state index in [-0.39, 0.29) is 5.60 Å². The Morgan fingerprint density at radius 1 is 1.06 bits per heavy atom. The lowest BCUT2D eigenvalue weighted by Crippen LogP contribution is -2.41. The van der Waals surface area contributed by atoms with Gasteiger partial charge in [0.25, 0.3) is 0 Å². The third kappa shape index (κ3) is 4.81. The Labute approximate surface area is 100 Å². The van der Waals surface area contributed by atoms with Gasteiger partial charge in [-0.05, 0) is 64.7 Å². The van der Waals surface area contributed by atoms with Gasteiger partial charge in [0.15, 0.2) is 0 Å². The molecule has 0 aromatic heterocycles. The summed E-state index contributed by atoms with van der Waals surface area (Å²) in [6.07, 6.45) is 7.47. The normalized spacial score (nSPS) is 18.4. The Morgan fingerprint density at radius 2 is 1.75 bits per heavy atom. The second kappa shape index (κ2) is 8.04. The summed E-state index contributed by atoms with van der Waals surface area (Å²) in [6, 6.07) is 0. The third-order valence-corrected chi connectivity index (χ3v) is 3.59. The average Bonchev–Trinajstić information content (AvgIpc) is 2.25. The first kappa shape index (κ1) is 13.9. The lowest BCUT2D eigenvalue weighted by molar-refractivity contribution is -0.0767. The summed E-state index contributed by atoms with van der Waals surface area (Å²) in [5.74, 6) is 0. The Bertz CT molecular complexity index is 164. The van der Waals surface area contributed by atoms with Crippen LogP contribution in [0.3, 0.4) is 0 Å². The van der Waals surface area contributed by atoms with Gasteiger partial charge in [0.1, 0.15) is 0 Å². The van der Waals surface area contributed by atoms with E-state index < -0.39 is 0 Å². The van der Waals surface area contributed by atoms with Crippen molar-refractivity contribution in [1.82, 2.24) is 10.6 Å². The van der Waals surface area contributed by atoms with Gasteiger partial charge in [-0.25, -0.2) is 0 Å². The number of rotatable bonds is 10. The van der Waals surface area contributed by atoms with Gasteiger partial charge in [-0.2, -0.15) is 0 Å². The molecule has 0 spiro atoms. The molecule has 2 N–H and O–H groups in total. The molecular formula is C13H28N2O. The Morgan fingerprint density at radius 3 is 2.25 bits per heavy atom. The topological polar surface area (TPSA) is 33.3 Å². The largest absolute Gasteiger partial charge is 0.378 e. The molecule has 3 heteroatoms. The molecular weight excluding hydrogens is 200 g/mol. The van der Waals surface area contributed by atoms with Crippen LogP contribution in [0.15, 0.2) is 0 Å². The number of hydrogen-bond donors (Lipinski definition) is 2. The van der Waals surface area contributed by atoms with Crippen LogP contribution in [0.4, 0.5) is 0 Å². The smallest absolute Gasteiger partial charge is 0.0690 e. The number of nitrogens with one attached hydrogen (secondary N) is 2. The summed E-state index contributed by atoms with van der Waals surface area (Å²) in [5.41, 5.74) is 0.230. The minimum atomic E-state index is 0.230. The van der Waals surface area contributed by atoms with Crippen LogP contribution in [-0.2, 0) is 4.74 Å². The van der Waals surface area contributed by atoms with Crippen LogP contribution < -0.4 is 10.6 Å². The Kier molecular flexibility index (Phi) is 7.01. The van der Waals surface area contributed by atoms with E-state index in [2.05, 4.69) is 17.6 Å². The SMILES string of the molecule is CCCNCCCNCCC1(OC)CCC1. The monoisotopic (exact) mass is 228 g/mol. The van der Waals surface area contributed by atoms with Crippen LogP contribution in [0.25, 0.3) is 0 Å². The molecule has 1 aliphatic carbocycles. The molecule has 0 heterocycles. The van der Waals surface area contributed by atoms with Crippen molar-refractivity contribution >= 4 is 0 Å².